The van der Waals surface area contributed by atoms with Crippen LogP contribution in [0.5, 0.6) is 0 Å². The first-order valence-corrected chi connectivity index (χ1v) is 9.99. The summed E-state index contributed by atoms with van der Waals surface area (Å²) < 4.78 is 24.1. The maximum absolute atomic E-state index is 13.2. The highest BCUT2D eigenvalue weighted by Gasteiger charge is 2.32. The first-order valence-electron chi connectivity index (χ1n) is 8.45. The Balaban J connectivity index is 2.62. The fraction of sp³-hybridized carbons (Fsp3) is 0.350. The van der Waals surface area contributed by atoms with Crippen molar-refractivity contribution in [3.8, 4) is 0 Å². The maximum Gasteiger partial charge on any atom is 0.362 e. The molecule has 0 saturated carbocycles. The van der Waals surface area contributed by atoms with Crippen LogP contribution >= 0.6 is 7.60 Å². The highest BCUT2D eigenvalue weighted by atomic mass is 31.2. The van der Waals surface area contributed by atoms with E-state index in [1.54, 1.807) is 38.1 Å². The number of ketones is 1. The molecule has 0 aliphatic rings. The first kappa shape index (κ1) is 19.6. The van der Waals surface area contributed by atoms with Crippen molar-refractivity contribution in [2.75, 3.05) is 13.2 Å². The Kier molecular flexibility index (Phi) is 6.34. The van der Waals surface area contributed by atoms with Crippen molar-refractivity contribution in [1.82, 2.24) is 0 Å². The molecule has 2 aromatic rings. The number of carbonyl (C=O) groups excluding carboxylic acids is 1. The predicted octanol–water partition coefficient (Wildman–Crippen LogP) is 4.73. The molecule has 0 aliphatic heterocycles. The van der Waals surface area contributed by atoms with E-state index in [2.05, 4.69) is 0 Å². The lowest BCUT2D eigenvalue weighted by Gasteiger charge is -2.20. The van der Waals surface area contributed by atoms with Crippen molar-refractivity contribution in [2.24, 2.45) is 0 Å². The minimum Gasteiger partial charge on any atom is -0.305 e. The van der Waals surface area contributed by atoms with Crippen LogP contribution in [0.4, 0.5) is 0 Å². The largest absolute Gasteiger partial charge is 0.362 e. The number of rotatable bonds is 7. The topological polar surface area (TPSA) is 52.6 Å². The van der Waals surface area contributed by atoms with Crippen LogP contribution in [0.3, 0.4) is 0 Å². The molecule has 0 saturated heterocycles. The molecule has 0 heterocycles. The molecule has 0 atom stereocenters. The van der Waals surface area contributed by atoms with Crippen LogP contribution in [0.2, 0.25) is 0 Å². The average Bonchev–Trinajstić information content (AvgIpc) is 2.54. The van der Waals surface area contributed by atoms with Crippen LogP contribution in [-0.4, -0.2) is 19.0 Å². The van der Waals surface area contributed by atoms with E-state index >= 15 is 0 Å². The summed E-state index contributed by atoms with van der Waals surface area (Å²) in [5.41, 5.74) is 3.91. The summed E-state index contributed by atoms with van der Waals surface area (Å²) in [6, 6.07) is 10.8. The van der Waals surface area contributed by atoms with E-state index in [0.29, 0.717) is 16.4 Å². The van der Waals surface area contributed by atoms with Gasteiger partial charge in [0.25, 0.3) is 0 Å². The zero-order chi connectivity index (χ0) is 18.6. The van der Waals surface area contributed by atoms with Gasteiger partial charge >= 0.3 is 7.60 Å². The number of hydrogen-bond donors (Lipinski definition) is 0. The van der Waals surface area contributed by atoms with Gasteiger partial charge in [0.15, 0.2) is 5.78 Å². The average molecular weight is 360 g/mol. The highest BCUT2D eigenvalue weighted by Crippen LogP contribution is 2.48. The van der Waals surface area contributed by atoms with Gasteiger partial charge in [0.1, 0.15) is 0 Å². The third-order valence-corrected chi connectivity index (χ3v) is 6.12. The first-order chi connectivity index (χ1) is 11.8. The Labute approximate surface area is 149 Å². The molecule has 0 bridgehead atoms. The van der Waals surface area contributed by atoms with Crippen molar-refractivity contribution in [3.05, 3.63) is 64.2 Å². The molecule has 0 N–H and O–H groups in total. The SMILES string of the molecule is CCOP(=O)(OCC)c1ccccc1C(=O)c1c(C)cc(C)cc1C. The summed E-state index contributed by atoms with van der Waals surface area (Å²) in [4.78, 5) is 13.2. The summed E-state index contributed by atoms with van der Waals surface area (Å²) >= 11 is 0. The predicted molar refractivity (Wildman–Crippen MR) is 101 cm³/mol. The second-order valence-electron chi connectivity index (χ2n) is 5.95. The number of aryl methyl sites for hydroxylation is 3. The molecule has 134 valence electrons. The molecule has 4 nitrogen and oxygen atoms in total. The normalized spacial score (nSPS) is 11.6. The van der Waals surface area contributed by atoms with Gasteiger partial charge in [-0.25, -0.2) is 0 Å². The minimum absolute atomic E-state index is 0.162. The van der Waals surface area contributed by atoms with Crippen LogP contribution in [-0.2, 0) is 13.6 Å². The smallest absolute Gasteiger partial charge is 0.305 e. The molecule has 0 amide bonds. The van der Waals surface area contributed by atoms with E-state index in [1.165, 1.54) is 0 Å². The molecule has 5 heteroatoms. The molecule has 0 fully saturated rings. The summed E-state index contributed by atoms with van der Waals surface area (Å²) in [6.45, 7) is 9.82. The fourth-order valence-corrected chi connectivity index (χ4v) is 4.87. The number of hydrogen-bond acceptors (Lipinski definition) is 4. The number of carbonyl (C=O) groups is 1. The summed E-state index contributed by atoms with van der Waals surface area (Å²) in [5, 5.41) is 0.322. The van der Waals surface area contributed by atoms with Gasteiger partial charge in [0.2, 0.25) is 0 Å². The second kappa shape index (κ2) is 8.09. The van der Waals surface area contributed by atoms with Gasteiger partial charge in [-0.3, -0.25) is 9.36 Å². The van der Waals surface area contributed by atoms with Gasteiger partial charge in [-0.2, -0.15) is 0 Å². The van der Waals surface area contributed by atoms with E-state index in [-0.39, 0.29) is 19.0 Å². The summed E-state index contributed by atoms with van der Waals surface area (Å²) in [6.07, 6.45) is 0. The van der Waals surface area contributed by atoms with Crippen LogP contribution < -0.4 is 5.30 Å². The van der Waals surface area contributed by atoms with Crippen LogP contribution in [0.25, 0.3) is 0 Å². The third kappa shape index (κ3) is 4.09. The van der Waals surface area contributed by atoms with E-state index < -0.39 is 7.60 Å². The molecule has 2 aromatic carbocycles. The second-order valence-corrected chi connectivity index (χ2v) is 7.95. The molecule has 0 radical (unpaired) electrons. The molecule has 0 spiro atoms. The van der Waals surface area contributed by atoms with E-state index in [9.17, 15) is 9.36 Å². The van der Waals surface area contributed by atoms with E-state index in [1.807, 2.05) is 32.9 Å². The molecule has 0 aliphatic carbocycles. The third-order valence-electron chi connectivity index (χ3n) is 3.95. The van der Waals surface area contributed by atoms with Gasteiger partial charge in [-0.1, -0.05) is 35.9 Å². The zero-order valence-electron chi connectivity index (χ0n) is 15.5. The van der Waals surface area contributed by atoms with Crippen molar-refractivity contribution in [1.29, 1.82) is 0 Å². The quantitative estimate of drug-likeness (QED) is 0.529. The Bertz CT molecular complexity index is 793. The van der Waals surface area contributed by atoms with Gasteiger partial charge < -0.3 is 9.05 Å². The molecule has 2 rings (SSSR count). The van der Waals surface area contributed by atoms with Gasteiger partial charge in [0.05, 0.1) is 18.5 Å². The lowest BCUT2D eigenvalue weighted by molar-refractivity contribution is 0.103. The highest BCUT2D eigenvalue weighted by molar-refractivity contribution is 7.62. The Hall–Kier alpha value is -1.74. The standard InChI is InChI=1S/C20H25O4P/c1-6-23-25(22,24-7-2)18-11-9-8-10-17(18)20(21)19-15(4)12-14(3)13-16(19)5/h8-13H,6-7H2,1-5H3. The molecular formula is C20H25O4P. The fourth-order valence-electron chi connectivity index (χ4n) is 3.09. The van der Waals surface area contributed by atoms with Gasteiger partial charge in [-0.05, 0) is 51.8 Å². The molecule has 25 heavy (non-hydrogen) atoms. The van der Waals surface area contributed by atoms with E-state index in [0.717, 1.165) is 16.7 Å². The molecular weight excluding hydrogens is 335 g/mol. The van der Waals surface area contributed by atoms with Crippen LogP contribution in [0.15, 0.2) is 36.4 Å². The van der Waals surface area contributed by atoms with Crippen LogP contribution in [0, 0.1) is 20.8 Å². The van der Waals surface area contributed by atoms with Crippen molar-refractivity contribution in [3.63, 3.8) is 0 Å². The van der Waals surface area contributed by atoms with Crippen molar-refractivity contribution < 1.29 is 18.4 Å². The molecule has 0 unspecified atom stereocenters. The Morgan fingerprint density at radius 2 is 1.48 bits per heavy atom. The summed E-state index contributed by atoms with van der Waals surface area (Å²) in [7, 11) is -3.54. The van der Waals surface area contributed by atoms with Gasteiger partial charge in [-0.15, -0.1) is 0 Å². The summed E-state index contributed by atoms with van der Waals surface area (Å²) in [5.74, 6) is -0.162. The van der Waals surface area contributed by atoms with Crippen molar-refractivity contribution >= 4 is 18.7 Å². The van der Waals surface area contributed by atoms with E-state index in [4.69, 9.17) is 9.05 Å². The van der Waals surface area contributed by atoms with Crippen molar-refractivity contribution in [2.45, 2.75) is 34.6 Å². The zero-order valence-corrected chi connectivity index (χ0v) is 16.4. The lowest BCUT2D eigenvalue weighted by atomic mass is 9.93. The lowest BCUT2D eigenvalue weighted by Crippen LogP contribution is -2.21. The maximum atomic E-state index is 13.2. The Morgan fingerprint density at radius 3 is 2.00 bits per heavy atom. The van der Waals surface area contributed by atoms with Gasteiger partial charge in [0, 0.05) is 11.1 Å². The molecule has 0 aromatic heterocycles. The van der Waals surface area contributed by atoms with Crippen LogP contribution in [0.1, 0.15) is 46.5 Å². The minimum atomic E-state index is -3.54. The monoisotopic (exact) mass is 360 g/mol. The Morgan fingerprint density at radius 1 is 0.960 bits per heavy atom. The number of benzene rings is 2.